The van der Waals surface area contributed by atoms with Crippen LogP contribution in [0.1, 0.15) is 24.1 Å². The molecule has 1 nitrogen and oxygen atoms in total. The smallest absolute Gasteiger partial charge is 0.137 e. The summed E-state index contributed by atoms with van der Waals surface area (Å²) in [5, 5.41) is 3.26. The molecule has 0 bridgehead atoms. The Morgan fingerprint density at radius 1 is 1.10 bits per heavy atom. The van der Waals surface area contributed by atoms with Gasteiger partial charge in [0, 0.05) is 16.1 Å². The van der Waals surface area contributed by atoms with Crippen LogP contribution in [0, 0.1) is 11.6 Å². The maximum Gasteiger partial charge on any atom is 0.137 e. The Morgan fingerprint density at radius 3 is 2.57 bits per heavy atom. The Kier molecular flexibility index (Phi) is 5.90. The largest absolute Gasteiger partial charge is 0.310 e. The minimum Gasteiger partial charge on any atom is -0.310 e. The minimum absolute atomic E-state index is 0.217. The van der Waals surface area contributed by atoms with Crippen molar-refractivity contribution in [3.8, 4) is 0 Å². The van der Waals surface area contributed by atoms with Crippen molar-refractivity contribution >= 4 is 31.9 Å². The van der Waals surface area contributed by atoms with E-state index in [2.05, 4.69) is 37.2 Å². The molecule has 0 amide bonds. The number of rotatable bonds is 5. The van der Waals surface area contributed by atoms with Crippen LogP contribution in [0.4, 0.5) is 8.78 Å². The van der Waals surface area contributed by atoms with Crippen LogP contribution < -0.4 is 5.32 Å². The first-order chi connectivity index (χ1) is 10.0. The van der Waals surface area contributed by atoms with Gasteiger partial charge in [0.1, 0.15) is 11.6 Å². The van der Waals surface area contributed by atoms with Crippen LogP contribution >= 0.6 is 31.9 Å². The third-order valence-corrected chi connectivity index (χ3v) is 4.62. The van der Waals surface area contributed by atoms with Crippen molar-refractivity contribution in [1.82, 2.24) is 5.32 Å². The molecule has 1 N–H and O–H groups in total. The van der Waals surface area contributed by atoms with E-state index in [1.807, 2.05) is 13.0 Å². The number of likely N-dealkylation sites (N-methyl/N-ethyl adjacent to an activating group) is 1. The first-order valence-electron chi connectivity index (χ1n) is 6.64. The zero-order chi connectivity index (χ0) is 15.4. The summed E-state index contributed by atoms with van der Waals surface area (Å²) < 4.78 is 28.9. The molecule has 112 valence electrons. The Balaban J connectivity index is 2.35. The Labute approximate surface area is 140 Å². The van der Waals surface area contributed by atoms with Crippen molar-refractivity contribution in [3.63, 3.8) is 0 Å². The van der Waals surface area contributed by atoms with Gasteiger partial charge in [-0.25, -0.2) is 8.78 Å². The lowest BCUT2D eigenvalue weighted by atomic mass is 9.98. The minimum atomic E-state index is -0.308. The Bertz CT molecular complexity index is 632. The fourth-order valence-electron chi connectivity index (χ4n) is 2.25. The van der Waals surface area contributed by atoms with Gasteiger partial charge < -0.3 is 5.32 Å². The summed E-state index contributed by atoms with van der Waals surface area (Å²) >= 11 is 6.62. The van der Waals surface area contributed by atoms with Crippen molar-refractivity contribution in [1.29, 1.82) is 0 Å². The van der Waals surface area contributed by atoms with Gasteiger partial charge in [-0.1, -0.05) is 35.0 Å². The number of nitrogens with one attached hydrogen (secondary N) is 1. The summed E-state index contributed by atoms with van der Waals surface area (Å²) in [6, 6.07) is 9.55. The molecule has 0 heterocycles. The summed E-state index contributed by atoms with van der Waals surface area (Å²) in [7, 11) is 0. The molecule has 0 aliphatic carbocycles. The molecular weight excluding hydrogens is 404 g/mol. The first-order valence-corrected chi connectivity index (χ1v) is 8.22. The van der Waals surface area contributed by atoms with Crippen molar-refractivity contribution in [2.75, 3.05) is 6.54 Å². The van der Waals surface area contributed by atoms with Crippen molar-refractivity contribution < 1.29 is 8.78 Å². The molecule has 0 aromatic heterocycles. The van der Waals surface area contributed by atoms with Crippen LogP contribution in [-0.2, 0) is 6.42 Å². The lowest BCUT2D eigenvalue weighted by Crippen LogP contribution is -2.24. The van der Waals surface area contributed by atoms with E-state index in [0.29, 0.717) is 23.0 Å². The van der Waals surface area contributed by atoms with Crippen LogP contribution in [0.2, 0.25) is 0 Å². The second-order valence-corrected chi connectivity index (χ2v) is 6.40. The van der Waals surface area contributed by atoms with Gasteiger partial charge in [-0.05, 0) is 58.7 Å². The van der Waals surface area contributed by atoms with Crippen molar-refractivity contribution in [2.45, 2.75) is 19.4 Å². The van der Waals surface area contributed by atoms with Gasteiger partial charge in [0.15, 0.2) is 0 Å². The lowest BCUT2D eigenvalue weighted by molar-refractivity contribution is 0.507. The van der Waals surface area contributed by atoms with E-state index in [4.69, 9.17) is 0 Å². The second kappa shape index (κ2) is 7.47. The third kappa shape index (κ3) is 4.11. The molecule has 0 radical (unpaired) electrons. The summed E-state index contributed by atoms with van der Waals surface area (Å²) in [4.78, 5) is 0. The van der Waals surface area contributed by atoms with Gasteiger partial charge in [-0.15, -0.1) is 0 Å². The van der Waals surface area contributed by atoms with E-state index in [1.54, 1.807) is 18.2 Å². The van der Waals surface area contributed by atoms with Gasteiger partial charge in [0.05, 0.1) is 4.47 Å². The zero-order valence-corrected chi connectivity index (χ0v) is 14.6. The number of hydrogen-bond donors (Lipinski definition) is 1. The van der Waals surface area contributed by atoms with E-state index in [-0.39, 0.29) is 17.7 Å². The van der Waals surface area contributed by atoms with Crippen LogP contribution in [0.3, 0.4) is 0 Å². The maximum absolute atomic E-state index is 14.1. The van der Waals surface area contributed by atoms with E-state index >= 15 is 0 Å². The molecule has 0 saturated carbocycles. The predicted octanol–water partition coefficient (Wildman–Crippen LogP) is 5.38. The highest BCUT2D eigenvalue weighted by Crippen LogP contribution is 2.28. The van der Waals surface area contributed by atoms with Gasteiger partial charge in [-0.3, -0.25) is 0 Å². The maximum atomic E-state index is 14.1. The summed E-state index contributed by atoms with van der Waals surface area (Å²) in [5.41, 5.74) is 1.38. The van der Waals surface area contributed by atoms with E-state index in [0.717, 1.165) is 10.0 Å². The van der Waals surface area contributed by atoms with Crippen LogP contribution in [0.25, 0.3) is 0 Å². The third-order valence-electron chi connectivity index (χ3n) is 3.24. The average Bonchev–Trinajstić information content (AvgIpc) is 2.46. The highest BCUT2D eigenvalue weighted by Gasteiger charge is 2.18. The summed E-state index contributed by atoms with van der Waals surface area (Å²) in [6.07, 6.45) is 0.500. The van der Waals surface area contributed by atoms with E-state index < -0.39 is 0 Å². The molecule has 21 heavy (non-hydrogen) atoms. The van der Waals surface area contributed by atoms with Crippen LogP contribution in [0.5, 0.6) is 0 Å². The summed E-state index contributed by atoms with van der Waals surface area (Å²) in [6.45, 7) is 2.66. The SMILES string of the molecule is CCNC(Cc1cccc(F)c1Br)c1cc(Br)ccc1F. The van der Waals surface area contributed by atoms with Gasteiger partial charge in [0.2, 0.25) is 0 Å². The van der Waals surface area contributed by atoms with E-state index in [1.165, 1.54) is 12.1 Å². The second-order valence-electron chi connectivity index (χ2n) is 4.69. The van der Waals surface area contributed by atoms with E-state index in [9.17, 15) is 8.78 Å². The van der Waals surface area contributed by atoms with Crippen LogP contribution in [-0.4, -0.2) is 6.54 Å². The molecule has 0 spiro atoms. The fourth-order valence-corrected chi connectivity index (χ4v) is 3.05. The molecular formula is C16H15Br2F2N. The predicted molar refractivity (Wildman–Crippen MR) is 88.3 cm³/mol. The molecule has 1 atom stereocenters. The first kappa shape index (κ1) is 16.6. The molecule has 2 aromatic carbocycles. The molecule has 0 saturated heterocycles. The molecule has 5 heteroatoms. The Hall–Kier alpha value is -0.780. The molecule has 0 aliphatic rings. The molecule has 2 aromatic rings. The normalized spacial score (nSPS) is 12.4. The highest BCUT2D eigenvalue weighted by molar-refractivity contribution is 9.10. The molecule has 1 unspecified atom stereocenters. The zero-order valence-electron chi connectivity index (χ0n) is 11.5. The fraction of sp³-hybridized carbons (Fsp3) is 0.250. The Morgan fingerprint density at radius 2 is 1.86 bits per heavy atom. The lowest BCUT2D eigenvalue weighted by Gasteiger charge is -2.20. The highest BCUT2D eigenvalue weighted by atomic mass is 79.9. The number of halogens is 4. The quantitative estimate of drug-likeness (QED) is 0.686. The van der Waals surface area contributed by atoms with Gasteiger partial charge >= 0.3 is 0 Å². The number of benzene rings is 2. The monoisotopic (exact) mass is 417 g/mol. The summed E-state index contributed by atoms with van der Waals surface area (Å²) in [5.74, 6) is -0.575. The standard InChI is InChI=1S/C16H15Br2F2N/c1-2-21-15(12-9-11(17)6-7-13(12)19)8-10-4-3-5-14(20)16(10)18/h3-7,9,15,21H,2,8H2,1H3. The van der Waals surface area contributed by atoms with Crippen molar-refractivity contribution in [2.24, 2.45) is 0 Å². The van der Waals surface area contributed by atoms with Gasteiger partial charge in [0.25, 0.3) is 0 Å². The van der Waals surface area contributed by atoms with Crippen LogP contribution in [0.15, 0.2) is 45.3 Å². The molecule has 2 rings (SSSR count). The van der Waals surface area contributed by atoms with Crippen molar-refractivity contribution in [3.05, 3.63) is 68.1 Å². The molecule has 0 fully saturated rings. The molecule has 0 aliphatic heterocycles. The van der Waals surface area contributed by atoms with Gasteiger partial charge in [-0.2, -0.15) is 0 Å². The number of hydrogen-bond acceptors (Lipinski definition) is 1. The topological polar surface area (TPSA) is 12.0 Å². The average molecular weight is 419 g/mol.